The smallest absolute Gasteiger partial charge is 0.159 e. The maximum atomic E-state index is 12.8. The van der Waals surface area contributed by atoms with Crippen LogP contribution in [0.5, 0.6) is 0 Å². The number of hydrogen-bond acceptors (Lipinski definition) is 2. The Bertz CT molecular complexity index is 449. The largest absolute Gasteiger partial charge is 0.229 e. The highest BCUT2D eigenvalue weighted by Gasteiger charge is 2.06. The van der Waals surface area contributed by atoms with Crippen LogP contribution in [0.4, 0.5) is 8.78 Å². The first-order chi connectivity index (χ1) is 6.65. The summed E-state index contributed by atoms with van der Waals surface area (Å²) >= 11 is 4.56. The van der Waals surface area contributed by atoms with Gasteiger partial charge < -0.3 is 0 Å². The molecule has 0 unspecified atom stereocenters. The van der Waals surface area contributed by atoms with Gasteiger partial charge in [-0.25, -0.2) is 13.8 Å². The molecule has 0 saturated carbocycles. The van der Waals surface area contributed by atoms with Crippen molar-refractivity contribution in [1.82, 2.24) is 4.98 Å². The summed E-state index contributed by atoms with van der Waals surface area (Å²) in [6.07, 6.45) is 0. The summed E-state index contributed by atoms with van der Waals surface area (Å²) in [7, 11) is 0. The number of thiazole rings is 1. The monoisotopic (exact) mass is 275 g/mol. The minimum Gasteiger partial charge on any atom is -0.229 e. The lowest BCUT2D eigenvalue weighted by molar-refractivity contribution is 0.584. The van der Waals surface area contributed by atoms with Crippen LogP contribution in [0.3, 0.4) is 0 Å². The number of halogens is 3. The van der Waals surface area contributed by atoms with Crippen molar-refractivity contribution in [2.24, 2.45) is 0 Å². The molecule has 72 valence electrons. The predicted octanol–water partition coefficient (Wildman–Crippen LogP) is 3.85. The topological polar surface area (TPSA) is 12.9 Å². The van der Waals surface area contributed by atoms with Crippen LogP contribution in [0.25, 0.3) is 11.3 Å². The summed E-state index contributed by atoms with van der Waals surface area (Å²) in [5, 5.41) is 1.73. The molecule has 1 aromatic heterocycles. The van der Waals surface area contributed by atoms with E-state index in [2.05, 4.69) is 20.9 Å². The lowest BCUT2D eigenvalue weighted by Crippen LogP contribution is -1.83. The van der Waals surface area contributed by atoms with E-state index in [-0.39, 0.29) is 0 Å². The summed E-state index contributed by atoms with van der Waals surface area (Å²) in [5.41, 5.74) is 1.02. The molecule has 2 aromatic rings. The second kappa shape index (κ2) is 3.74. The van der Waals surface area contributed by atoms with Gasteiger partial charge in [-0.05, 0) is 28.1 Å². The third kappa shape index (κ3) is 1.99. The molecule has 0 spiro atoms. The first-order valence-electron chi connectivity index (χ1n) is 3.72. The number of hydrogen-bond donors (Lipinski definition) is 0. The summed E-state index contributed by atoms with van der Waals surface area (Å²) < 4.78 is 26.4. The van der Waals surface area contributed by atoms with Crippen LogP contribution in [0.15, 0.2) is 27.5 Å². The van der Waals surface area contributed by atoms with Crippen molar-refractivity contribution < 1.29 is 8.78 Å². The van der Waals surface area contributed by atoms with Crippen LogP contribution in [-0.2, 0) is 0 Å². The second-order valence-corrected chi connectivity index (χ2v) is 4.78. The zero-order valence-electron chi connectivity index (χ0n) is 6.80. The Labute approximate surface area is 91.5 Å². The third-order valence-corrected chi connectivity index (χ3v) is 3.00. The average molecular weight is 276 g/mol. The molecule has 0 fully saturated rings. The van der Waals surface area contributed by atoms with Crippen molar-refractivity contribution in [3.63, 3.8) is 0 Å². The van der Waals surface area contributed by atoms with Gasteiger partial charge in [-0.2, -0.15) is 0 Å². The highest BCUT2D eigenvalue weighted by Crippen LogP contribution is 2.25. The van der Waals surface area contributed by atoms with E-state index in [1.807, 2.05) is 0 Å². The standard InChI is InChI=1S/C9H4BrF2NS/c10-9-13-8(4-14-9)5-1-6(11)3-7(12)2-5/h1-4H. The Hall–Kier alpha value is -0.810. The maximum Gasteiger partial charge on any atom is 0.159 e. The molecule has 2 rings (SSSR count). The van der Waals surface area contributed by atoms with E-state index >= 15 is 0 Å². The normalized spacial score (nSPS) is 10.5. The SMILES string of the molecule is Fc1cc(F)cc(-c2csc(Br)n2)c1. The molecule has 0 bridgehead atoms. The number of benzene rings is 1. The second-order valence-electron chi connectivity index (χ2n) is 2.64. The highest BCUT2D eigenvalue weighted by molar-refractivity contribution is 9.11. The minimum absolute atomic E-state index is 0.449. The van der Waals surface area contributed by atoms with Gasteiger partial charge in [-0.3, -0.25) is 0 Å². The molecule has 0 N–H and O–H groups in total. The van der Waals surface area contributed by atoms with Crippen molar-refractivity contribution in [1.29, 1.82) is 0 Å². The maximum absolute atomic E-state index is 12.8. The summed E-state index contributed by atoms with van der Waals surface area (Å²) in [6, 6.07) is 3.35. The van der Waals surface area contributed by atoms with Crippen molar-refractivity contribution in [2.45, 2.75) is 0 Å². The molecule has 1 heterocycles. The van der Waals surface area contributed by atoms with E-state index in [9.17, 15) is 8.78 Å². The fourth-order valence-electron chi connectivity index (χ4n) is 1.09. The Kier molecular flexibility index (Phi) is 2.60. The van der Waals surface area contributed by atoms with Gasteiger partial charge in [0.15, 0.2) is 3.92 Å². The van der Waals surface area contributed by atoms with Crippen LogP contribution in [0, 0.1) is 11.6 Å². The number of nitrogens with zero attached hydrogens (tertiary/aromatic N) is 1. The molecule has 0 amide bonds. The first-order valence-corrected chi connectivity index (χ1v) is 5.40. The summed E-state index contributed by atoms with van der Waals surface area (Å²) in [4.78, 5) is 4.06. The predicted molar refractivity (Wildman–Crippen MR) is 55.2 cm³/mol. The average Bonchev–Trinajstić information content (AvgIpc) is 2.50. The molecular formula is C9H4BrF2NS. The molecule has 0 radical (unpaired) electrons. The Morgan fingerprint density at radius 3 is 2.29 bits per heavy atom. The van der Waals surface area contributed by atoms with Crippen LogP contribution >= 0.6 is 27.3 Å². The molecule has 0 saturated heterocycles. The Morgan fingerprint density at radius 1 is 1.14 bits per heavy atom. The van der Waals surface area contributed by atoms with E-state index in [0.717, 1.165) is 6.07 Å². The van der Waals surface area contributed by atoms with E-state index in [0.29, 0.717) is 15.2 Å². The van der Waals surface area contributed by atoms with Crippen LogP contribution in [0.1, 0.15) is 0 Å². The van der Waals surface area contributed by atoms with E-state index < -0.39 is 11.6 Å². The lowest BCUT2D eigenvalue weighted by Gasteiger charge is -1.97. The zero-order valence-corrected chi connectivity index (χ0v) is 9.20. The van der Waals surface area contributed by atoms with E-state index in [1.54, 1.807) is 5.38 Å². The van der Waals surface area contributed by atoms with Gasteiger partial charge in [0, 0.05) is 17.0 Å². The zero-order chi connectivity index (χ0) is 10.1. The van der Waals surface area contributed by atoms with Crippen molar-refractivity contribution in [2.75, 3.05) is 0 Å². The van der Waals surface area contributed by atoms with Gasteiger partial charge in [-0.1, -0.05) is 0 Å². The molecule has 0 aliphatic heterocycles. The fraction of sp³-hybridized carbons (Fsp3) is 0. The van der Waals surface area contributed by atoms with Crippen LogP contribution in [-0.4, -0.2) is 4.98 Å². The van der Waals surface area contributed by atoms with Gasteiger partial charge in [-0.15, -0.1) is 11.3 Å². The van der Waals surface area contributed by atoms with E-state index in [1.165, 1.54) is 23.5 Å². The van der Waals surface area contributed by atoms with Crippen LogP contribution in [0.2, 0.25) is 0 Å². The van der Waals surface area contributed by atoms with Crippen LogP contribution < -0.4 is 0 Å². The van der Waals surface area contributed by atoms with Crippen molar-refractivity contribution in [3.05, 3.63) is 39.1 Å². The van der Waals surface area contributed by atoms with Crippen molar-refractivity contribution >= 4 is 27.3 Å². The summed E-state index contributed by atoms with van der Waals surface area (Å²) in [6.45, 7) is 0. The van der Waals surface area contributed by atoms with Crippen molar-refractivity contribution in [3.8, 4) is 11.3 Å². The van der Waals surface area contributed by atoms with Gasteiger partial charge in [0.25, 0.3) is 0 Å². The third-order valence-electron chi connectivity index (χ3n) is 1.63. The summed E-state index contributed by atoms with van der Waals surface area (Å²) in [5.74, 6) is -1.19. The molecule has 5 heteroatoms. The van der Waals surface area contributed by atoms with Gasteiger partial charge in [0.1, 0.15) is 11.6 Å². The molecule has 0 atom stereocenters. The minimum atomic E-state index is -0.593. The number of rotatable bonds is 1. The van der Waals surface area contributed by atoms with Gasteiger partial charge >= 0.3 is 0 Å². The molecule has 14 heavy (non-hydrogen) atoms. The molecule has 1 nitrogen and oxygen atoms in total. The van der Waals surface area contributed by atoms with Gasteiger partial charge in [0.05, 0.1) is 5.69 Å². The van der Waals surface area contributed by atoms with Gasteiger partial charge in [0.2, 0.25) is 0 Å². The molecule has 1 aromatic carbocycles. The Balaban J connectivity index is 2.51. The molecule has 0 aliphatic rings. The van der Waals surface area contributed by atoms with E-state index in [4.69, 9.17) is 0 Å². The quantitative estimate of drug-likeness (QED) is 0.771. The fourth-order valence-corrected chi connectivity index (χ4v) is 2.11. The molecular weight excluding hydrogens is 272 g/mol. The first kappa shape index (κ1) is 9.73. The molecule has 0 aliphatic carbocycles. The Morgan fingerprint density at radius 2 is 1.79 bits per heavy atom. The number of aromatic nitrogens is 1. The highest BCUT2D eigenvalue weighted by atomic mass is 79.9. The lowest BCUT2D eigenvalue weighted by atomic mass is 10.2.